The normalized spacial score (nSPS) is 18.2. The maximum absolute atomic E-state index is 9.76. The number of phenolic OH excluding ortho intramolecular Hbond substituents is 1. The van der Waals surface area contributed by atoms with Crippen LogP contribution in [0.5, 0.6) is 5.75 Å². The second kappa shape index (κ2) is 5.75. The fourth-order valence-electron chi connectivity index (χ4n) is 3.05. The molecule has 100 valence electrons. The van der Waals surface area contributed by atoms with Gasteiger partial charge in [0.05, 0.1) is 0 Å². The first-order chi connectivity index (χ1) is 8.58. The quantitative estimate of drug-likeness (QED) is 0.850. The van der Waals surface area contributed by atoms with Crippen molar-refractivity contribution in [2.75, 3.05) is 0 Å². The Hall–Kier alpha value is -1.02. The molecule has 1 atom stereocenters. The Bertz CT molecular complexity index is 385. The molecule has 2 nitrogen and oxygen atoms in total. The number of phenols is 1. The molecular weight excluding hydrogens is 222 g/mol. The number of aromatic hydroxyl groups is 1. The van der Waals surface area contributed by atoms with E-state index in [1.165, 1.54) is 31.2 Å². The molecule has 0 aromatic heterocycles. The highest BCUT2D eigenvalue weighted by atomic mass is 16.3. The smallest absolute Gasteiger partial charge is 0.121 e. The van der Waals surface area contributed by atoms with Crippen LogP contribution in [0.3, 0.4) is 0 Å². The van der Waals surface area contributed by atoms with Crippen LogP contribution in [-0.2, 0) is 6.54 Å². The number of hydrogen-bond donors (Lipinski definition) is 2. The lowest BCUT2D eigenvalue weighted by molar-refractivity contribution is 0.380. The molecule has 1 aliphatic carbocycles. The highest BCUT2D eigenvalue weighted by Crippen LogP contribution is 2.28. The monoisotopic (exact) mass is 247 g/mol. The lowest BCUT2D eigenvalue weighted by atomic mass is 9.99. The fraction of sp³-hybridized carbons (Fsp3) is 0.625. The molecule has 0 bridgehead atoms. The summed E-state index contributed by atoms with van der Waals surface area (Å²) in [5, 5.41) is 13.4. The van der Waals surface area contributed by atoms with Crippen LogP contribution < -0.4 is 5.32 Å². The van der Waals surface area contributed by atoms with Crippen LogP contribution in [0, 0.1) is 19.8 Å². The summed E-state index contributed by atoms with van der Waals surface area (Å²) in [4.78, 5) is 0. The van der Waals surface area contributed by atoms with Gasteiger partial charge in [-0.1, -0.05) is 25.0 Å². The van der Waals surface area contributed by atoms with Gasteiger partial charge >= 0.3 is 0 Å². The predicted octanol–water partition coefficient (Wildman–Crippen LogP) is 3.68. The van der Waals surface area contributed by atoms with Crippen molar-refractivity contribution in [2.45, 2.75) is 59.0 Å². The van der Waals surface area contributed by atoms with Crippen LogP contribution >= 0.6 is 0 Å². The predicted molar refractivity (Wildman–Crippen MR) is 75.8 cm³/mol. The molecule has 1 aromatic carbocycles. The first-order valence-corrected chi connectivity index (χ1v) is 7.10. The standard InChI is InChI=1S/C16H25NO/c1-11-8-14(9-12(2)16(11)18)10-17-13(3)15-6-4-5-7-15/h8-9,13,15,17-18H,4-7,10H2,1-3H3/t13-/m1/s1. The molecule has 0 heterocycles. The number of rotatable bonds is 4. The third-order valence-electron chi connectivity index (χ3n) is 4.29. The average Bonchev–Trinajstić information content (AvgIpc) is 2.86. The van der Waals surface area contributed by atoms with Crippen molar-refractivity contribution < 1.29 is 5.11 Å². The summed E-state index contributed by atoms with van der Waals surface area (Å²) in [5.74, 6) is 1.28. The zero-order chi connectivity index (χ0) is 13.1. The van der Waals surface area contributed by atoms with Gasteiger partial charge in [-0.25, -0.2) is 0 Å². The van der Waals surface area contributed by atoms with Crippen molar-refractivity contribution in [2.24, 2.45) is 5.92 Å². The van der Waals surface area contributed by atoms with Crippen molar-refractivity contribution in [3.05, 3.63) is 28.8 Å². The molecule has 1 fully saturated rings. The topological polar surface area (TPSA) is 32.3 Å². The van der Waals surface area contributed by atoms with E-state index in [1.807, 2.05) is 13.8 Å². The summed E-state index contributed by atoms with van der Waals surface area (Å²) in [5.41, 5.74) is 3.22. The Morgan fingerprint density at radius 2 is 1.78 bits per heavy atom. The molecule has 0 spiro atoms. The SMILES string of the molecule is Cc1cc(CN[C@H](C)C2CCCC2)cc(C)c1O. The van der Waals surface area contributed by atoms with Gasteiger partial charge in [-0.2, -0.15) is 0 Å². The number of hydrogen-bond acceptors (Lipinski definition) is 2. The van der Waals surface area contributed by atoms with E-state index in [9.17, 15) is 5.11 Å². The molecule has 0 unspecified atom stereocenters. The molecule has 0 aliphatic heterocycles. The zero-order valence-corrected chi connectivity index (χ0v) is 11.8. The van der Waals surface area contributed by atoms with Crippen molar-refractivity contribution in [3.63, 3.8) is 0 Å². The summed E-state index contributed by atoms with van der Waals surface area (Å²) >= 11 is 0. The third-order valence-corrected chi connectivity index (χ3v) is 4.29. The molecule has 2 N–H and O–H groups in total. The van der Waals surface area contributed by atoms with Crippen LogP contribution in [-0.4, -0.2) is 11.1 Å². The average molecular weight is 247 g/mol. The van der Waals surface area contributed by atoms with Gasteiger partial charge < -0.3 is 10.4 Å². The summed E-state index contributed by atoms with van der Waals surface area (Å²) < 4.78 is 0. The van der Waals surface area contributed by atoms with Gasteiger partial charge in [0.25, 0.3) is 0 Å². The van der Waals surface area contributed by atoms with Crippen molar-refractivity contribution >= 4 is 0 Å². The first-order valence-electron chi connectivity index (χ1n) is 7.10. The Kier molecular flexibility index (Phi) is 4.28. The highest BCUT2D eigenvalue weighted by molar-refractivity contribution is 5.42. The Morgan fingerprint density at radius 1 is 1.22 bits per heavy atom. The summed E-state index contributed by atoms with van der Waals surface area (Å²) in [6, 6.07) is 4.76. The van der Waals surface area contributed by atoms with E-state index in [4.69, 9.17) is 0 Å². The molecule has 2 heteroatoms. The minimum absolute atomic E-state index is 0.433. The molecule has 18 heavy (non-hydrogen) atoms. The second-order valence-corrected chi connectivity index (χ2v) is 5.79. The van der Waals surface area contributed by atoms with E-state index in [0.29, 0.717) is 11.8 Å². The van der Waals surface area contributed by atoms with Crippen LogP contribution in [0.15, 0.2) is 12.1 Å². The molecule has 1 saturated carbocycles. The largest absolute Gasteiger partial charge is 0.507 e. The maximum atomic E-state index is 9.76. The minimum atomic E-state index is 0.433. The van der Waals surface area contributed by atoms with Gasteiger partial charge in [0.15, 0.2) is 0 Å². The van der Waals surface area contributed by atoms with Crippen LogP contribution in [0.25, 0.3) is 0 Å². The lowest BCUT2D eigenvalue weighted by Gasteiger charge is -2.20. The maximum Gasteiger partial charge on any atom is 0.121 e. The number of benzene rings is 1. The van der Waals surface area contributed by atoms with Gasteiger partial charge in [0, 0.05) is 12.6 Å². The van der Waals surface area contributed by atoms with Crippen molar-refractivity contribution in [1.29, 1.82) is 0 Å². The zero-order valence-electron chi connectivity index (χ0n) is 11.8. The van der Waals surface area contributed by atoms with Gasteiger partial charge in [0.2, 0.25) is 0 Å². The van der Waals surface area contributed by atoms with Crippen LogP contribution in [0.4, 0.5) is 0 Å². The lowest BCUT2D eigenvalue weighted by Crippen LogP contribution is -2.31. The second-order valence-electron chi connectivity index (χ2n) is 5.79. The molecule has 1 aromatic rings. The van der Waals surface area contributed by atoms with E-state index >= 15 is 0 Å². The van der Waals surface area contributed by atoms with E-state index < -0.39 is 0 Å². The molecule has 0 amide bonds. The molecule has 2 rings (SSSR count). The van der Waals surface area contributed by atoms with E-state index in [1.54, 1.807) is 0 Å². The Morgan fingerprint density at radius 3 is 2.33 bits per heavy atom. The summed E-state index contributed by atoms with van der Waals surface area (Å²) in [7, 11) is 0. The van der Waals surface area contributed by atoms with E-state index in [0.717, 1.165) is 23.6 Å². The van der Waals surface area contributed by atoms with E-state index in [2.05, 4.69) is 24.4 Å². The highest BCUT2D eigenvalue weighted by Gasteiger charge is 2.20. The molecule has 0 saturated heterocycles. The first kappa shape index (κ1) is 13.4. The molecule has 1 aliphatic rings. The van der Waals surface area contributed by atoms with Crippen LogP contribution in [0.2, 0.25) is 0 Å². The summed E-state index contributed by atoms with van der Waals surface area (Å²) in [6.45, 7) is 7.13. The van der Waals surface area contributed by atoms with Gasteiger partial charge in [-0.05, 0) is 56.2 Å². The minimum Gasteiger partial charge on any atom is -0.507 e. The van der Waals surface area contributed by atoms with Crippen molar-refractivity contribution in [1.82, 2.24) is 5.32 Å². The van der Waals surface area contributed by atoms with Crippen LogP contribution in [0.1, 0.15) is 49.3 Å². The number of nitrogens with one attached hydrogen (secondary N) is 1. The molecular formula is C16H25NO. The fourth-order valence-corrected chi connectivity index (χ4v) is 3.05. The number of aryl methyl sites for hydroxylation is 2. The summed E-state index contributed by atoms with van der Waals surface area (Å²) in [6.07, 6.45) is 5.55. The van der Waals surface area contributed by atoms with Gasteiger partial charge in [-0.15, -0.1) is 0 Å². The Labute approximate surface area is 110 Å². The van der Waals surface area contributed by atoms with Crippen molar-refractivity contribution in [3.8, 4) is 5.75 Å². The van der Waals surface area contributed by atoms with Gasteiger partial charge in [0.1, 0.15) is 5.75 Å². The Balaban J connectivity index is 1.93. The van der Waals surface area contributed by atoms with E-state index in [-0.39, 0.29) is 0 Å². The third kappa shape index (κ3) is 3.05. The van der Waals surface area contributed by atoms with Gasteiger partial charge in [-0.3, -0.25) is 0 Å². The molecule has 0 radical (unpaired) electrons.